The molecule has 1 atom stereocenters. The summed E-state index contributed by atoms with van der Waals surface area (Å²) < 4.78 is 17.2. The molecule has 1 N–H and O–H groups in total. The van der Waals surface area contributed by atoms with Crippen molar-refractivity contribution in [3.63, 3.8) is 0 Å². The van der Waals surface area contributed by atoms with Crippen molar-refractivity contribution in [2.24, 2.45) is 0 Å². The van der Waals surface area contributed by atoms with Crippen molar-refractivity contribution in [3.8, 4) is 5.75 Å². The number of esters is 1. The topological polar surface area (TPSA) is 107 Å². The molecule has 3 aromatic rings. The summed E-state index contributed by atoms with van der Waals surface area (Å²) in [7, 11) is 0. The molecule has 2 amide bonds. The Morgan fingerprint density at radius 1 is 0.953 bits per heavy atom. The number of benzene rings is 2. The van der Waals surface area contributed by atoms with E-state index in [1.807, 2.05) is 37.3 Å². The van der Waals surface area contributed by atoms with Gasteiger partial charge in [0.25, 0.3) is 5.91 Å². The molecular weight excluding hydrogens is 546 g/mol. The second-order valence-electron chi connectivity index (χ2n) is 13.3. The lowest BCUT2D eigenvalue weighted by Gasteiger charge is -2.43. The molecule has 9 heteroatoms. The third-order valence-electron chi connectivity index (χ3n) is 6.95. The van der Waals surface area contributed by atoms with E-state index in [-0.39, 0.29) is 18.9 Å². The fourth-order valence-corrected chi connectivity index (χ4v) is 5.25. The van der Waals surface area contributed by atoms with Crippen LogP contribution in [0, 0.1) is 6.92 Å². The summed E-state index contributed by atoms with van der Waals surface area (Å²) >= 11 is 0. The number of para-hydroxylation sites is 1. The van der Waals surface area contributed by atoms with Crippen LogP contribution in [0.15, 0.2) is 54.6 Å². The average molecular weight is 590 g/mol. The smallest absolute Gasteiger partial charge is 0.410 e. The molecule has 0 spiro atoms. The van der Waals surface area contributed by atoms with Crippen LogP contribution in [0.1, 0.15) is 82.4 Å². The van der Waals surface area contributed by atoms with Gasteiger partial charge in [-0.05, 0) is 97.7 Å². The van der Waals surface area contributed by atoms with Crippen LogP contribution in [0.4, 0.5) is 4.79 Å². The van der Waals surface area contributed by atoms with Crippen LogP contribution in [-0.2, 0) is 20.9 Å². The minimum atomic E-state index is -1.01. The maximum atomic E-state index is 13.5. The number of carbonyl (C=O) groups excluding carboxylic acids is 3. The molecule has 1 aliphatic rings. The van der Waals surface area contributed by atoms with Crippen molar-refractivity contribution in [1.82, 2.24) is 15.2 Å². The van der Waals surface area contributed by atoms with E-state index in [0.717, 1.165) is 22.2 Å². The van der Waals surface area contributed by atoms with Gasteiger partial charge in [-0.2, -0.15) is 0 Å². The fraction of sp³-hybridized carbons (Fsp3) is 0.471. The number of nitrogens with zero attached hydrogens (tertiary/aromatic N) is 2. The largest absolute Gasteiger partial charge is 0.489 e. The monoisotopic (exact) mass is 589 g/mol. The molecule has 1 saturated heterocycles. The lowest BCUT2D eigenvalue weighted by molar-refractivity contribution is -0.157. The Labute approximate surface area is 253 Å². The number of hydrogen-bond acceptors (Lipinski definition) is 7. The van der Waals surface area contributed by atoms with E-state index in [2.05, 4.69) is 10.3 Å². The van der Waals surface area contributed by atoms with Crippen molar-refractivity contribution < 1.29 is 28.6 Å². The number of ether oxygens (including phenoxy) is 3. The molecule has 0 radical (unpaired) electrons. The fourth-order valence-electron chi connectivity index (χ4n) is 5.25. The molecule has 1 unspecified atom stereocenters. The third kappa shape index (κ3) is 8.92. The van der Waals surface area contributed by atoms with E-state index in [9.17, 15) is 14.4 Å². The number of aromatic nitrogens is 1. The zero-order valence-electron chi connectivity index (χ0n) is 26.3. The van der Waals surface area contributed by atoms with E-state index < -0.39 is 28.8 Å². The summed E-state index contributed by atoms with van der Waals surface area (Å²) in [5.74, 6) is -0.175. The van der Waals surface area contributed by atoms with Crippen molar-refractivity contribution in [1.29, 1.82) is 0 Å². The van der Waals surface area contributed by atoms with Crippen LogP contribution >= 0.6 is 0 Å². The van der Waals surface area contributed by atoms with E-state index in [1.165, 1.54) is 0 Å². The maximum absolute atomic E-state index is 13.5. The van der Waals surface area contributed by atoms with Gasteiger partial charge < -0.3 is 24.4 Å². The SMILES string of the molecule is Cc1cc(COc2ccc(C(=O)NC3(CC(=O)OC(C)(C)C)CCCN(C(=O)OC(C)(C)C)C3)cc2)c2ccccc2n1. The number of likely N-dealkylation sites (tertiary alicyclic amines) is 1. The van der Waals surface area contributed by atoms with Crippen molar-refractivity contribution >= 4 is 28.9 Å². The van der Waals surface area contributed by atoms with Crippen molar-refractivity contribution in [3.05, 3.63) is 71.4 Å². The Bertz CT molecular complexity index is 1470. The van der Waals surface area contributed by atoms with E-state index >= 15 is 0 Å². The number of amides is 2. The van der Waals surface area contributed by atoms with Crippen LogP contribution in [0.5, 0.6) is 5.75 Å². The van der Waals surface area contributed by atoms with E-state index in [4.69, 9.17) is 14.2 Å². The minimum Gasteiger partial charge on any atom is -0.489 e. The Balaban J connectivity index is 1.48. The Morgan fingerprint density at radius 2 is 1.63 bits per heavy atom. The summed E-state index contributed by atoms with van der Waals surface area (Å²) in [6.45, 7) is 13.7. The van der Waals surface area contributed by atoms with Crippen LogP contribution in [0.25, 0.3) is 10.9 Å². The van der Waals surface area contributed by atoms with Crippen LogP contribution in [0.3, 0.4) is 0 Å². The number of rotatable bonds is 7. The van der Waals surface area contributed by atoms with Gasteiger partial charge in [-0.3, -0.25) is 14.6 Å². The highest BCUT2D eigenvalue weighted by Gasteiger charge is 2.42. The highest BCUT2D eigenvalue weighted by molar-refractivity contribution is 5.95. The summed E-state index contributed by atoms with van der Waals surface area (Å²) in [4.78, 5) is 45.5. The Hall–Kier alpha value is -4.14. The summed E-state index contributed by atoms with van der Waals surface area (Å²) in [6.07, 6.45) is 0.556. The number of fused-ring (bicyclic) bond motifs is 1. The molecular formula is C34H43N3O6. The van der Waals surface area contributed by atoms with Gasteiger partial charge in [-0.25, -0.2) is 4.79 Å². The highest BCUT2D eigenvalue weighted by atomic mass is 16.6. The molecule has 2 heterocycles. The summed E-state index contributed by atoms with van der Waals surface area (Å²) in [5.41, 5.74) is 0.914. The van der Waals surface area contributed by atoms with Crippen molar-refractivity contribution in [2.45, 2.75) is 91.1 Å². The maximum Gasteiger partial charge on any atom is 0.410 e. The first-order valence-corrected chi connectivity index (χ1v) is 14.7. The Kier molecular flexibility index (Phi) is 9.32. The second kappa shape index (κ2) is 12.6. The van der Waals surface area contributed by atoms with Crippen LogP contribution in [-0.4, -0.2) is 57.7 Å². The molecule has 0 aliphatic carbocycles. The minimum absolute atomic E-state index is 0.0736. The first kappa shape index (κ1) is 31.8. The predicted octanol–water partition coefficient (Wildman–Crippen LogP) is 6.35. The molecule has 1 fully saturated rings. The molecule has 1 aliphatic heterocycles. The summed E-state index contributed by atoms with van der Waals surface area (Å²) in [6, 6.07) is 16.8. The number of hydrogen-bond donors (Lipinski definition) is 1. The molecule has 0 saturated carbocycles. The zero-order valence-corrected chi connectivity index (χ0v) is 26.3. The van der Waals surface area contributed by atoms with Gasteiger partial charge in [0, 0.05) is 35.3 Å². The zero-order chi connectivity index (χ0) is 31.4. The normalized spacial score (nSPS) is 17.3. The van der Waals surface area contributed by atoms with Gasteiger partial charge in [0.1, 0.15) is 23.6 Å². The van der Waals surface area contributed by atoms with Gasteiger partial charge in [0.05, 0.1) is 17.5 Å². The first-order chi connectivity index (χ1) is 20.1. The third-order valence-corrected chi connectivity index (χ3v) is 6.95. The van der Waals surface area contributed by atoms with Gasteiger partial charge >= 0.3 is 12.1 Å². The highest BCUT2D eigenvalue weighted by Crippen LogP contribution is 2.29. The van der Waals surface area contributed by atoms with Gasteiger partial charge in [-0.15, -0.1) is 0 Å². The molecule has 2 aromatic carbocycles. The van der Waals surface area contributed by atoms with Gasteiger partial charge in [-0.1, -0.05) is 18.2 Å². The van der Waals surface area contributed by atoms with E-state index in [1.54, 1.807) is 70.7 Å². The molecule has 43 heavy (non-hydrogen) atoms. The van der Waals surface area contributed by atoms with Crippen LogP contribution < -0.4 is 10.1 Å². The summed E-state index contributed by atoms with van der Waals surface area (Å²) in [5, 5.41) is 4.11. The number of aryl methyl sites for hydroxylation is 1. The predicted molar refractivity (Wildman–Crippen MR) is 165 cm³/mol. The molecule has 4 rings (SSSR count). The molecule has 9 nitrogen and oxygen atoms in total. The molecule has 0 bridgehead atoms. The average Bonchev–Trinajstić information content (AvgIpc) is 2.89. The van der Waals surface area contributed by atoms with Gasteiger partial charge in [0.15, 0.2) is 0 Å². The number of nitrogens with one attached hydrogen (secondary N) is 1. The Morgan fingerprint density at radius 3 is 2.30 bits per heavy atom. The van der Waals surface area contributed by atoms with Crippen LogP contribution in [0.2, 0.25) is 0 Å². The number of pyridine rings is 1. The lowest BCUT2D eigenvalue weighted by atomic mass is 9.85. The van der Waals surface area contributed by atoms with E-state index in [0.29, 0.717) is 37.3 Å². The second-order valence-corrected chi connectivity index (χ2v) is 13.3. The number of carbonyl (C=O) groups is 3. The standard InChI is InChI=1S/C34H43N3O6/c1-23-19-25(27-11-8-9-12-28(27)35-23)21-41-26-15-13-24(14-16-26)30(39)36-34(20-29(38)42-32(2,3)4)17-10-18-37(22-34)31(40)43-33(5,6)7/h8-9,11-16,19H,10,17-18,20-22H2,1-7H3,(H,36,39). The molecule has 1 aromatic heterocycles. The number of piperidine rings is 1. The van der Waals surface area contributed by atoms with Crippen molar-refractivity contribution in [2.75, 3.05) is 13.1 Å². The molecule has 230 valence electrons. The first-order valence-electron chi connectivity index (χ1n) is 14.7. The van der Waals surface area contributed by atoms with Gasteiger partial charge in [0.2, 0.25) is 0 Å². The quantitative estimate of drug-likeness (QED) is 0.320. The lowest BCUT2D eigenvalue weighted by Crippen LogP contribution is -2.61.